The summed E-state index contributed by atoms with van der Waals surface area (Å²) >= 11 is 5.71. The minimum atomic E-state index is -2.75. The fourth-order valence-electron chi connectivity index (χ4n) is 2.65. The molecule has 0 aromatic heterocycles. The molecule has 0 spiro atoms. The predicted molar refractivity (Wildman–Crippen MR) is 76.7 cm³/mol. The Morgan fingerprint density at radius 1 is 1.12 bits per heavy atom. The van der Waals surface area contributed by atoms with Crippen LogP contribution in [0.3, 0.4) is 0 Å². The first-order chi connectivity index (χ1) is 7.39. The van der Waals surface area contributed by atoms with Gasteiger partial charge in [0.15, 0.2) is 0 Å². The summed E-state index contributed by atoms with van der Waals surface area (Å²) in [4.78, 5) is 11.7. The Balaban J connectivity index is 5.79. The molecule has 0 saturated heterocycles. The Morgan fingerprint density at radius 3 is 1.65 bits per heavy atom. The summed E-state index contributed by atoms with van der Waals surface area (Å²) < 4.78 is 13.5. The monoisotopic (exact) mass is 280 g/mol. The first-order valence-electron chi connectivity index (χ1n) is 6.19. The van der Waals surface area contributed by atoms with E-state index in [0.29, 0.717) is 6.42 Å². The fraction of sp³-hybridized carbons (Fsp3) is 0.923. The van der Waals surface area contributed by atoms with Crippen molar-refractivity contribution in [1.82, 2.24) is 0 Å². The molecule has 17 heavy (non-hydrogen) atoms. The molecule has 0 heterocycles. The van der Waals surface area contributed by atoms with Crippen LogP contribution in [-0.4, -0.2) is 21.2 Å². The highest BCUT2D eigenvalue weighted by atomic mass is 35.5. The molecule has 4 heteroatoms. The summed E-state index contributed by atoms with van der Waals surface area (Å²) in [5.41, 5.74) is -0.519. The van der Waals surface area contributed by atoms with Crippen molar-refractivity contribution in [1.29, 1.82) is 0 Å². The van der Waals surface area contributed by atoms with Crippen LogP contribution in [0.2, 0.25) is 0 Å². The number of carbonyl (C=O) groups excluding carboxylic acids is 1. The minimum absolute atomic E-state index is 0.407. The summed E-state index contributed by atoms with van der Waals surface area (Å²) in [5, 5.41) is -1.26. The van der Waals surface area contributed by atoms with Gasteiger partial charge < -0.3 is 4.57 Å². The third kappa shape index (κ3) is 3.35. The van der Waals surface area contributed by atoms with Crippen molar-refractivity contribution in [2.45, 2.75) is 77.3 Å². The van der Waals surface area contributed by atoms with E-state index in [9.17, 15) is 9.36 Å². The van der Waals surface area contributed by atoms with E-state index < -0.39 is 28.4 Å². The van der Waals surface area contributed by atoms with E-state index in [1.807, 2.05) is 48.5 Å². The molecule has 0 aliphatic heterocycles. The molecule has 0 bridgehead atoms. The van der Waals surface area contributed by atoms with Crippen molar-refractivity contribution in [3.8, 4) is 0 Å². The van der Waals surface area contributed by atoms with Crippen molar-refractivity contribution in [3.05, 3.63) is 0 Å². The first kappa shape index (κ1) is 17.2. The van der Waals surface area contributed by atoms with E-state index in [4.69, 9.17) is 11.6 Å². The molecular formula is C13H26ClO2P. The lowest BCUT2D eigenvalue weighted by Gasteiger charge is -2.44. The van der Waals surface area contributed by atoms with E-state index >= 15 is 0 Å². The maximum Gasteiger partial charge on any atom is 0.232 e. The molecule has 0 aromatic rings. The van der Waals surface area contributed by atoms with Crippen molar-refractivity contribution >= 4 is 24.0 Å². The molecule has 0 saturated carbocycles. The topological polar surface area (TPSA) is 34.1 Å². The van der Waals surface area contributed by atoms with Crippen LogP contribution in [0.25, 0.3) is 0 Å². The Bertz CT molecular complexity index is 305. The van der Waals surface area contributed by atoms with Crippen molar-refractivity contribution in [2.24, 2.45) is 0 Å². The van der Waals surface area contributed by atoms with Gasteiger partial charge in [-0.05, 0) is 18.0 Å². The fourth-order valence-corrected chi connectivity index (χ4v) is 7.96. The van der Waals surface area contributed by atoms with Crippen molar-refractivity contribution in [2.75, 3.05) is 0 Å². The van der Waals surface area contributed by atoms with Gasteiger partial charge in [0.05, 0.1) is 5.66 Å². The van der Waals surface area contributed by atoms with Crippen LogP contribution in [0.4, 0.5) is 0 Å². The molecule has 1 unspecified atom stereocenters. The van der Waals surface area contributed by atoms with Gasteiger partial charge in [-0.15, -0.1) is 0 Å². The molecule has 0 rings (SSSR count). The van der Waals surface area contributed by atoms with Gasteiger partial charge in [-0.3, -0.25) is 4.79 Å². The quantitative estimate of drug-likeness (QED) is 0.543. The number of rotatable bonds is 4. The van der Waals surface area contributed by atoms with Gasteiger partial charge in [-0.1, -0.05) is 54.9 Å². The van der Waals surface area contributed by atoms with E-state index in [1.54, 1.807) is 0 Å². The molecular weight excluding hydrogens is 255 g/mol. The van der Waals surface area contributed by atoms with Crippen LogP contribution >= 0.6 is 18.7 Å². The first-order valence-corrected chi connectivity index (χ1v) is 8.34. The van der Waals surface area contributed by atoms with E-state index in [2.05, 4.69) is 0 Å². The highest BCUT2D eigenvalue weighted by Crippen LogP contribution is 2.71. The van der Waals surface area contributed by atoms with Gasteiger partial charge in [0, 0.05) is 10.3 Å². The van der Waals surface area contributed by atoms with Gasteiger partial charge in [-0.2, -0.15) is 0 Å². The summed E-state index contributed by atoms with van der Waals surface area (Å²) in [6, 6.07) is 0. The average Bonchev–Trinajstić information content (AvgIpc) is 2.08. The number of hydrogen-bond acceptors (Lipinski definition) is 2. The second kappa shape index (κ2) is 5.45. The van der Waals surface area contributed by atoms with E-state index in [-0.39, 0.29) is 0 Å². The Hall–Kier alpha value is 0.190. The Labute approximate surface area is 111 Å². The van der Waals surface area contributed by atoms with Crippen LogP contribution in [0, 0.1) is 0 Å². The Kier molecular flexibility index (Phi) is 5.51. The van der Waals surface area contributed by atoms with Gasteiger partial charge in [0.1, 0.15) is 7.14 Å². The maximum absolute atomic E-state index is 13.5. The van der Waals surface area contributed by atoms with Gasteiger partial charge in [-0.25, -0.2) is 0 Å². The van der Waals surface area contributed by atoms with Gasteiger partial charge in [0.2, 0.25) is 5.24 Å². The lowest BCUT2D eigenvalue weighted by atomic mass is 10.2. The zero-order valence-electron chi connectivity index (χ0n) is 12.1. The van der Waals surface area contributed by atoms with E-state index in [0.717, 1.165) is 6.42 Å². The molecule has 1 atom stereocenters. The summed E-state index contributed by atoms with van der Waals surface area (Å²) in [5.74, 6) is 0. The van der Waals surface area contributed by atoms with Crippen LogP contribution in [0.5, 0.6) is 0 Å². The standard InChI is InChI=1S/C13H26ClO2P/c1-8-9-10(11(14)15)17(16,12(2,3)4)13(5,6)7/h10H,8-9H2,1-7H3. The third-order valence-corrected chi connectivity index (χ3v) is 9.03. The number of hydrogen-bond donors (Lipinski definition) is 0. The molecule has 0 fully saturated rings. The molecule has 102 valence electrons. The molecule has 2 nitrogen and oxygen atoms in total. The van der Waals surface area contributed by atoms with Crippen LogP contribution in [-0.2, 0) is 9.36 Å². The zero-order chi connectivity index (χ0) is 14.1. The number of halogens is 1. The SMILES string of the molecule is CCCC(C(=O)Cl)P(=O)(C(C)(C)C)C(C)(C)C. The Morgan fingerprint density at radius 2 is 1.47 bits per heavy atom. The summed E-state index contributed by atoms with van der Waals surface area (Å²) in [6.07, 6.45) is 1.42. The summed E-state index contributed by atoms with van der Waals surface area (Å²) in [7, 11) is -2.75. The number of carbonyl (C=O) groups is 1. The molecule has 0 aromatic carbocycles. The molecule has 0 aliphatic rings. The molecule has 0 aliphatic carbocycles. The highest BCUT2D eigenvalue weighted by molar-refractivity contribution is 7.69. The second-order valence-corrected chi connectivity index (χ2v) is 11.6. The van der Waals surface area contributed by atoms with Crippen molar-refractivity contribution < 1.29 is 9.36 Å². The molecule has 0 amide bonds. The average molecular weight is 281 g/mol. The van der Waals surface area contributed by atoms with Crippen LogP contribution in [0.1, 0.15) is 61.3 Å². The lowest BCUT2D eigenvalue weighted by Crippen LogP contribution is -2.37. The molecule has 0 radical (unpaired) electrons. The summed E-state index contributed by atoms with van der Waals surface area (Å²) in [6.45, 7) is 13.7. The van der Waals surface area contributed by atoms with E-state index in [1.165, 1.54) is 0 Å². The smallest absolute Gasteiger partial charge is 0.232 e. The largest absolute Gasteiger partial charge is 0.322 e. The normalized spacial score (nSPS) is 15.8. The van der Waals surface area contributed by atoms with Crippen LogP contribution < -0.4 is 0 Å². The maximum atomic E-state index is 13.5. The lowest BCUT2D eigenvalue weighted by molar-refractivity contribution is -0.111. The van der Waals surface area contributed by atoms with Gasteiger partial charge in [0.25, 0.3) is 0 Å². The zero-order valence-corrected chi connectivity index (χ0v) is 13.8. The minimum Gasteiger partial charge on any atom is -0.322 e. The predicted octanol–water partition coefficient (Wildman–Crippen LogP) is 4.88. The van der Waals surface area contributed by atoms with Crippen molar-refractivity contribution in [3.63, 3.8) is 0 Å². The molecule has 0 N–H and O–H groups in total. The highest BCUT2D eigenvalue weighted by Gasteiger charge is 2.52. The third-order valence-electron chi connectivity index (χ3n) is 3.26. The van der Waals surface area contributed by atoms with Crippen LogP contribution in [0.15, 0.2) is 0 Å². The van der Waals surface area contributed by atoms with Gasteiger partial charge >= 0.3 is 0 Å². The second-order valence-electron chi connectivity index (χ2n) is 6.61.